The number of nitrogens with zero attached hydrogens (tertiary/aromatic N) is 1. The van der Waals surface area contributed by atoms with Crippen molar-refractivity contribution in [2.75, 3.05) is 13.1 Å². The monoisotopic (exact) mass is 300 g/mol. The van der Waals surface area contributed by atoms with Crippen molar-refractivity contribution in [3.63, 3.8) is 0 Å². The molecule has 0 radical (unpaired) electrons. The zero-order valence-electron chi connectivity index (χ0n) is 12.9. The molecule has 1 N–H and O–H groups in total. The molecule has 1 aliphatic heterocycles. The summed E-state index contributed by atoms with van der Waals surface area (Å²) < 4.78 is 5.20. The Morgan fingerprint density at radius 2 is 2.10 bits per heavy atom. The number of thioether (sulfide) groups is 1. The third-order valence-corrected chi connectivity index (χ3v) is 4.00. The zero-order chi connectivity index (χ0) is 15.6. The Kier molecular flexibility index (Phi) is 5.13. The number of rotatable bonds is 3. The molecule has 1 aliphatic rings. The summed E-state index contributed by atoms with van der Waals surface area (Å²) in [6, 6.07) is 0. The Morgan fingerprint density at radius 3 is 2.60 bits per heavy atom. The van der Waals surface area contributed by atoms with Crippen LogP contribution in [-0.2, 0) is 9.53 Å². The molecular weight excluding hydrogens is 276 g/mol. The van der Waals surface area contributed by atoms with Gasteiger partial charge in [-0.15, -0.1) is 18.3 Å². The second-order valence-corrected chi connectivity index (χ2v) is 8.16. The molecule has 0 bridgehead atoms. The number of carbonyl (C=O) groups excluding carboxylic acids is 2. The standard InChI is InChI=1S/C14H24N2O3S/c1-7-8-15-10(17)11-16(9-14(5,6)20-11)12(18)19-13(2,3)4/h7,11H,1,8-9H2,2-6H3,(H,15,17). The highest BCUT2D eigenvalue weighted by molar-refractivity contribution is 8.02. The number of carbonyl (C=O) groups is 2. The van der Waals surface area contributed by atoms with Crippen LogP contribution in [0.15, 0.2) is 12.7 Å². The molecule has 1 atom stereocenters. The second kappa shape index (κ2) is 6.08. The topological polar surface area (TPSA) is 58.6 Å². The van der Waals surface area contributed by atoms with Crippen molar-refractivity contribution in [1.82, 2.24) is 10.2 Å². The third kappa shape index (κ3) is 4.74. The van der Waals surface area contributed by atoms with Crippen LogP contribution in [0.25, 0.3) is 0 Å². The van der Waals surface area contributed by atoms with Crippen LogP contribution in [0, 0.1) is 0 Å². The summed E-state index contributed by atoms with van der Waals surface area (Å²) in [6.07, 6.45) is 1.16. The fraction of sp³-hybridized carbons (Fsp3) is 0.714. The number of nitrogens with one attached hydrogen (secondary N) is 1. The Labute approximate surface area is 125 Å². The summed E-state index contributed by atoms with van der Waals surface area (Å²) in [4.78, 5) is 25.9. The first-order chi connectivity index (χ1) is 9.06. The van der Waals surface area contributed by atoms with Gasteiger partial charge in [0.1, 0.15) is 5.60 Å². The van der Waals surface area contributed by atoms with Crippen LogP contribution in [0.5, 0.6) is 0 Å². The molecule has 0 spiro atoms. The minimum atomic E-state index is -0.573. The molecule has 1 saturated heterocycles. The number of hydrogen-bond acceptors (Lipinski definition) is 4. The van der Waals surface area contributed by atoms with Gasteiger partial charge in [-0.25, -0.2) is 4.79 Å². The van der Waals surface area contributed by atoms with E-state index in [4.69, 9.17) is 4.74 Å². The van der Waals surface area contributed by atoms with Gasteiger partial charge in [0.05, 0.1) is 0 Å². The van der Waals surface area contributed by atoms with E-state index in [9.17, 15) is 9.59 Å². The van der Waals surface area contributed by atoms with Crippen molar-refractivity contribution in [3.8, 4) is 0 Å². The predicted molar refractivity (Wildman–Crippen MR) is 81.6 cm³/mol. The zero-order valence-corrected chi connectivity index (χ0v) is 13.7. The van der Waals surface area contributed by atoms with Crippen LogP contribution < -0.4 is 5.32 Å². The highest BCUT2D eigenvalue weighted by Gasteiger charge is 2.45. The van der Waals surface area contributed by atoms with E-state index in [0.29, 0.717) is 13.1 Å². The van der Waals surface area contributed by atoms with Crippen LogP contribution in [-0.4, -0.2) is 45.7 Å². The molecular formula is C14H24N2O3S. The van der Waals surface area contributed by atoms with E-state index in [1.54, 1.807) is 6.08 Å². The number of ether oxygens (including phenoxy) is 1. The van der Waals surface area contributed by atoms with Crippen LogP contribution >= 0.6 is 11.8 Å². The van der Waals surface area contributed by atoms with Gasteiger partial charge in [0, 0.05) is 17.8 Å². The first-order valence-corrected chi connectivity index (χ1v) is 7.50. The van der Waals surface area contributed by atoms with Crippen molar-refractivity contribution in [2.45, 2.75) is 50.3 Å². The predicted octanol–water partition coefficient (Wildman–Crippen LogP) is 2.38. The van der Waals surface area contributed by atoms with E-state index in [2.05, 4.69) is 11.9 Å². The van der Waals surface area contributed by atoms with Gasteiger partial charge in [0.15, 0.2) is 5.37 Å². The first kappa shape index (κ1) is 16.9. The van der Waals surface area contributed by atoms with E-state index >= 15 is 0 Å². The van der Waals surface area contributed by atoms with Gasteiger partial charge < -0.3 is 10.1 Å². The molecule has 0 aliphatic carbocycles. The molecule has 1 rings (SSSR count). The van der Waals surface area contributed by atoms with E-state index < -0.39 is 17.1 Å². The lowest BCUT2D eigenvalue weighted by Crippen LogP contribution is -2.47. The summed E-state index contributed by atoms with van der Waals surface area (Å²) in [7, 11) is 0. The van der Waals surface area contributed by atoms with Gasteiger partial charge in [-0.3, -0.25) is 9.69 Å². The van der Waals surface area contributed by atoms with E-state index in [0.717, 1.165) is 0 Å². The molecule has 114 valence electrons. The van der Waals surface area contributed by atoms with Crippen LogP contribution in [0.4, 0.5) is 4.79 Å². The second-order valence-electron chi connectivity index (χ2n) is 6.37. The smallest absolute Gasteiger partial charge is 0.411 e. The summed E-state index contributed by atoms with van der Waals surface area (Å²) in [5, 5.41) is 2.18. The van der Waals surface area contributed by atoms with Gasteiger partial charge >= 0.3 is 6.09 Å². The SMILES string of the molecule is C=CCNC(=O)C1SC(C)(C)CN1C(=O)OC(C)(C)C. The molecule has 0 saturated carbocycles. The quantitative estimate of drug-likeness (QED) is 0.813. The van der Waals surface area contributed by atoms with Gasteiger partial charge in [-0.2, -0.15) is 0 Å². The molecule has 6 heteroatoms. The molecule has 1 unspecified atom stereocenters. The van der Waals surface area contributed by atoms with E-state index in [-0.39, 0.29) is 10.7 Å². The van der Waals surface area contributed by atoms with Crippen molar-refractivity contribution in [1.29, 1.82) is 0 Å². The maximum Gasteiger partial charge on any atom is 0.411 e. The molecule has 2 amide bonds. The van der Waals surface area contributed by atoms with Crippen LogP contribution in [0.2, 0.25) is 0 Å². The largest absolute Gasteiger partial charge is 0.444 e. The molecule has 5 nitrogen and oxygen atoms in total. The van der Waals surface area contributed by atoms with E-state index in [1.165, 1.54) is 16.7 Å². The Morgan fingerprint density at radius 1 is 1.50 bits per heavy atom. The van der Waals surface area contributed by atoms with Crippen molar-refractivity contribution < 1.29 is 14.3 Å². The molecule has 0 aromatic rings. The summed E-state index contributed by atoms with van der Waals surface area (Å²) in [5.41, 5.74) is -0.573. The lowest BCUT2D eigenvalue weighted by Gasteiger charge is -2.27. The van der Waals surface area contributed by atoms with Gasteiger partial charge in [-0.05, 0) is 34.6 Å². The van der Waals surface area contributed by atoms with Crippen molar-refractivity contribution in [2.24, 2.45) is 0 Å². The fourth-order valence-corrected chi connectivity index (χ4v) is 3.13. The third-order valence-electron chi connectivity index (χ3n) is 2.54. The van der Waals surface area contributed by atoms with Gasteiger partial charge in [0.2, 0.25) is 0 Å². The normalized spacial score (nSPS) is 21.4. The number of hydrogen-bond donors (Lipinski definition) is 1. The number of amides is 2. The highest BCUT2D eigenvalue weighted by atomic mass is 32.2. The summed E-state index contributed by atoms with van der Waals surface area (Å²) in [5.74, 6) is -0.189. The molecule has 0 aromatic heterocycles. The lowest BCUT2D eigenvalue weighted by atomic mass is 10.2. The average molecular weight is 300 g/mol. The average Bonchev–Trinajstić information content (AvgIpc) is 2.60. The summed E-state index contributed by atoms with van der Waals surface area (Å²) >= 11 is 1.47. The summed E-state index contributed by atoms with van der Waals surface area (Å²) in [6.45, 7) is 13.9. The highest BCUT2D eigenvalue weighted by Crippen LogP contribution is 2.39. The lowest BCUT2D eigenvalue weighted by molar-refractivity contribution is -0.123. The first-order valence-electron chi connectivity index (χ1n) is 6.62. The molecule has 20 heavy (non-hydrogen) atoms. The Balaban J connectivity index is 2.82. The fourth-order valence-electron chi connectivity index (χ4n) is 1.83. The molecule has 0 aromatic carbocycles. The Bertz CT molecular complexity index is 402. The van der Waals surface area contributed by atoms with Gasteiger partial charge in [0.25, 0.3) is 5.91 Å². The molecule has 1 heterocycles. The van der Waals surface area contributed by atoms with Crippen LogP contribution in [0.1, 0.15) is 34.6 Å². The molecule has 1 fully saturated rings. The minimum absolute atomic E-state index is 0.174. The minimum Gasteiger partial charge on any atom is -0.444 e. The van der Waals surface area contributed by atoms with Crippen molar-refractivity contribution in [3.05, 3.63) is 12.7 Å². The van der Waals surface area contributed by atoms with E-state index in [1.807, 2.05) is 34.6 Å². The van der Waals surface area contributed by atoms with Crippen molar-refractivity contribution >= 4 is 23.8 Å². The van der Waals surface area contributed by atoms with Gasteiger partial charge in [-0.1, -0.05) is 6.08 Å². The Hall–Kier alpha value is -1.17. The maximum absolute atomic E-state index is 12.2. The van der Waals surface area contributed by atoms with Crippen LogP contribution in [0.3, 0.4) is 0 Å². The maximum atomic E-state index is 12.2.